The number of ether oxygens (including phenoxy) is 1. The first kappa shape index (κ1) is 18.0. The number of nitrogens with zero attached hydrogens (tertiary/aromatic N) is 2. The zero-order chi connectivity index (χ0) is 18.9. The molecule has 0 bridgehead atoms. The number of rotatable bonds is 5. The zero-order valence-corrected chi connectivity index (χ0v) is 15.5. The summed E-state index contributed by atoms with van der Waals surface area (Å²) in [4.78, 5) is 1.98. The molecule has 2 atom stereocenters. The van der Waals surface area contributed by atoms with Gasteiger partial charge in [-0.2, -0.15) is 0 Å². The molecule has 0 saturated carbocycles. The van der Waals surface area contributed by atoms with Gasteiger partial charge in [0.25, 0.3) is 0 Å². The Balaban J connectivity index is 1.40. The normalized spacial score (nSPS) is 25.4. The summed E-state index contributed by atoms with van der Waals surface area (Å²) in [6.45, 7) is 1.63. The van der Waals surface area contributed by atoms with Crippen molar-refractivity contribution in [1.29, 1.82) is 4.78 Å². The fraction of sp³-hybridized carbons (Fsp3) is 0.389. The third kappa shape index (κ3) is 4.14. The second-order valence-electron chi connectivity index (χ2n) is 6.73. The lowest BCUT2D eigenvalue weighted by Crippen LogP contribution is -2.26. The molecule has 1 aromatic carbocycles. The van der Waals surface area contributed by atoms with Gasteiger partial charge in [-0.3, -0.25) is 4.78 Å². The molecule has 1 saturated heterocycles. The molecule has 144 valence electrons. The molecule has 0 spiro atoms. The Labute approximate surface area is 157 Å². The lowest BCUT2D eigenvalue weighted by atomic mass is 10.0. The van der Waals surface area contributed by atoms with E-state index in [1.165, 1.54) is 12.3 Å². The van der Waals surface area contributed by atoms with Gasteiger partial charge in [0.2, 0.25) is 0 Å². The summed E-state index contributed by atoms with van der Waals surface area (Å²) >= 11 is 0. The van der Waals surface area contributed by atoms with Gasteiger partial charge in [0.15, 0.2) is 5.82 Å². The van der Waals surface area contributed by atoms with E-state index >= 15 is 0 Å². The van der Waals surface area contributed by atoms with Crippen LogP contribution in [0.3, 0.4) is 0 Å². The summed E-state index contributed by atoms with van der Waals surface area (Å²) in [5.41, 5.74) is 2.12. The Bertz CT molecular complexity index is 944. The summed E-state index contributed by atoms with van der Waals surface area (Å²) in [6.07, 6.45) is 3.68. The second-order valence-corrected chi connectivity index (χ2v) is 9.10. The maximum atomic E-state index is 14.7. The van der Waals surface area contributed by atoms with E-state index in [4.69, 9.17) is 14.0 Å². The van der Waals surface area contributed by atoms with Crippen molar-refractivity contribution < 1.29 is 17.9 Å². The van der Waals surface area contributed by atoms with Crippen LogP contribution in [0.5, 0.6) is 0 Å². The summed E-state index contributed by atoms with van der Waals surface area (Å²) in [6, 6.07) is 6.89. The lowest BCUT2D eigenvalue weighted by molar-refractivity contribution is 0.125. The molecule has 4 rings (SSSR count). The van der Waals surface area contributed by atoms with Crippen LogP contribution in [0.2, 0.25) is 0 Å². The number of anilines is 2. The lowest BCUT2D eigenvalue weighted by Gasteiger charge is -2.19. The quantitative estimate of drug-likeness (QED) is 0.813. The van der Waals surface area contributed by atoms with Crippen molar-refractivity contribution in [3.63, 3.8) is 0 Å². The predicted molar refractivity (Wildman–Crippen MR) is 102 cm³/mol. The van der Waals surface area contributed by atoms with Crippen molar-refractivity contribution in [3.8, 4) is 0 Å². The number of halogens is 1. The summed E-state index contributed by atoms with van der Waals surface area (Å²) < 4.78 is 44.6. The SMILES string of the molecule is N=S1(=O)CC=C(c2ccc(N3CO[C@@H](CNc4ccon4)C3)cc2F)CC1. The van der Waals surface area contributed by atoms with Crippen molar-refractivity contribution in [2.24, 2.45) is 0 Å². The number of benzene rings is 1. The van der Waals surface area contributed by atoms with E-state index in [9.17, 15) is 8.60 Å². The van der Waals surface area contributed by atoms with Crippen LogP contribution in [0.4, 0.5) is 15.9 Å². The Hall–Kier alpha value is -2.39. The molecule has 9 heteroatoms. The molecule has 0 aliphatic carbocycles. The van der Waals surface area contributed by atoms with E-state index < -0.39 is 9.73 Å². The highest BCUT2D eigenvalue weighted by atomic mass is 32.2. The number of hydrogen-bond acceptors (Lipinski definition) is 7. The van der Waals surface area contributed by atoms with E-state index in [-0.39, 0.29) is 17.7 Å². The Morgan fingerprint density at radius 3 is 3.00 bits per heavy atom. The van der Waals surface area contributed by atoms with Crippen molar-refractivity contribution in [2.45, 2.75) is 12.5 Å². The van der Waals surface area contributed by atoms with Crippen molar-refractivity contribution >= 4 is 26.8 Å². The molecule has 2 aliphatic heterocycles. The van der Waals surface area contributed by atoms with E-state index in [0.717, 1.165) is 11.3 Å². The van der Waals surface area contributed by atoms with Crippen LogP contribution in [-0.4, -0.2) is 46.8 Å². The molecular formula is C18H21FN4O3S. The topological polar surface area (TPSA) is 91.5 Å². The standard InChI is InChI=1S/C18H21FN4O3S/c19-17-9-14(1-2-16(17)13-4-7-27(20,24)8-5-13)23-11-15(25-12-23)10-21-18-3-6-26-22-18/h1-4,6,9,15,20H,5,7-8,10-12H2,(H,21,22)/t15-,27?/m0/s1. The summed E-state index contributed by atoms with van der Waals surface area (Å²) in [7, 11) is -2.53. The first-order chi connectivity index (χ1) is 13.0. The van der Waals surface area contributed by atoms with Gasteiger partial charge in [-0.15, -0.1) is 0 Å². The van der Waals surface area contributed by atoms with Crippen LogP contribution in [-0.2, 0) is 14.5 Å². The van der Waals surface area contributed by atoms with Gasteiger partial charge >= 0.3 is 0 Å². The fourth-order valence-electron chi connectivity index (χ4n) is 3.27. The van der Waals surface area contributed by atoms with Crippen molar-refractivity contribution in [3.05, 3.63) is 48.0 Å². The highest BCUT2D eigenvalue weighted by Crippen LogP contribution is 2.29. The molecule has 2 aliphatic rings. The molecule has 1 fully saturated rings. The van der Waals surface area contributed by atoms with Crippen LogP contribution >= 0.6 is 0 Å². The maximum Gasteiger partial charge on any atom is 0.169 e. The first-order valence-corrected chi connectivity index (χ1v) is 10.6. The van der Waals surface area contributed by atoms with Crippen molar-refractivity contribution in [2.75, 3.05) is 41.5 Å². The smallest absolute Gasteiger partial charge is 0.169 e. The van der Waals surface area contributed by atoms with Crippen LogP contribution in [0, 0.1) is 10.6 Å². The van der Waals surface area contributed by atoms with Gasteiger partial charge in [-0.1, -0.05) is 11.2 Å². The third-order valence-corrected chi connectivity index (χ3v) is 6.37. The number of nitrogens with one attached hydrogen (secondary N) is 2. The molecule has 3 heterocycles. The molecule has 2 aromatic rings. The summed E-state index contributed by atoms with van der Waals surface area (Å²) in [5, 5.41) is 6.92. The van der Waals surface area contributed by atoms with E-state index in [1.807, 2.05) is 11.0 Å². The number of allylic oxidation sites excluding steroid dienone is 1. The highest BCUT2D eigenvalue weighted by Gasteiger charge is 2.25. The van der Waals surface area contributed by atoms with Gasteiger partial charge in [-0.05, 0) is 30.2 Å². The minimum Gasteiger partial charge on any atom is -0.365 e. The molecular weight excluding hydrogens is 371 g/mol. The average molecular weight is 392 g/mol. The van der Waals surface area contributed by atoms with Crippen LogP contribution in [0.15, 0.2) is 41.1 Å². The Morgan fingerprint density at radius 2 is 2.30 bits per heavy atom. The zero-order valence-electron chi connectivity index (χ0n) is 14.7. The Kier molecular flexibility index (Phi) is 4.88. The van der Waals surface area contributed by atoms with E-state index in [0.29, 0.717) is 43.4 Å². The number of aromatic nitrogens is 1. The van der Waals surface area contributed by atoms with Gasteiger partial charge in [0.1, 0.15) is 18.8 Å². The Morgan fingerprint density at radius 1 is 1.41 bits per heavy atom. The first-order valence-electron chi connectivity index (χ1n) is 8.74. The molecule has 1 aromatic heterocycles. The predicted octanol–water partition coefficient (Wildman–Crippen LogP) is 2.92. The number of hydrogen-bond donors (Lipinski definition) is 2. The minimum atomic E-state index is -2.53. The van der Waals surface area contributed by atoms with Gasteiger partial charge in [-0.25, -0.2) is 8.60 Å². The van der Waals surface area contributed by atoms with Crippen LogP contribution < -0.4 is 10.2 Å². The van der Waals surface area contributed by atoms with Gasteiger partial charge < -0.3 is 19.5 Å². The summed E-state index contributed by atoms with van der Waals surface area (Å²) in [5.74, 6) is 0.843. The molecule has 27 heavy (non-hydrogen) atoms. The fourth-order valence-corrected chi connectivity index (χ4v) is 4.46. The highest BCUT2D eigenvalue weighted by molar-refractivity contribution is 7.92. The van der Waals surface area contributed by atoms with Gasteiger partial charge in [0, 0.05) is 45.9 Å². The largest absolute Gasteiger partial charge is 0.365 e. The average Bonchev–Trinajstić information content (AvgIpc) is 3.32. The minimum absolute atomic E-state index is 0.0318. The third-order valence-electron chi connectivity index (χ3n) is 4.80. The maximum absolute atomic E-state index is 14.7. The van der Waals surface area contributed by atoms with Crippen LogP contribution in [0.1, 0.15) is 12.0 Å². The monoisotopic (exact) mass is 392 g/mol. The molecule has 0 radical (unpaired) electrons. The molecule has 2 N–H and O–H groups in total. The molecule has 7 nitrogen and oxygen atoms in total. The van der Waals surface area contributed by atoms with E-state index in [1.54, 1.807) is 18.2 Å². The van der Waals surface area contributed by atoms with Crippen molar-refractivity contribution in [1.82, 2.24) is 5.16 Å². The molecule has 0 amide bonds. The molecule has 1 unspecified atom stereocenters. The van der Waals surface area contributed by atoms with Gasteiger partial charge in [0.05, 0.1) is 11.9 Å². The second kappa shape index (κ2) is 7.32. The van der Waals surface area contributed by atoms with Crippen LogP contribution in [0.25, 0.3) is 5.57 Å². The van der Waals surface area contributed by atoms with E-state index in [2.05, 4.69) is 10.5 Å².